The van der Waals surface area contributed by atoms with Gasteiger partial charge in [0.05, 0.1) is 17.5 Å². The van der Waals surface area contributed by atoms with E-state index in [0.29, 0.717) is 25.9 Å². The van der Waals surface area contributed by atoms with Gasteiger partial charge in [-0.3, -0.25) is 4.79 Å². The van der Waals surface area contributed by atoms with Crippen molar-refractivity contribution in [3.8, 4) is 0 Å². The van der Waals surface area contributed by atoms with E-state index < -0.39 is 10.0 Å². The highest BCUT2D eigenvalue weighted by Gasteiger charge is 2.32. The van der Waals surface area contributed by atoms with E-state index in [9.17, 15) is 13.2 Å². The van der Waals surface area contributed by atoms with Crippen LogP contribution in [0.2, 0.25) is 0 Å². The molecule has 0 aromatic carbocycles. The van der Waals surface area contributed by atoms with Crippen LogP contribution in [0.4, 0.5) is 5.82 Å². The molecule has 0 spiro atoms. The number of nitrogens with one attached hydrogen (secondary N) is 1. The highest BCUT2D eigenvalue weighted by atomic mass is 32.2. The summed E-state index contributed by atoms with van der Waals surface area (Å²) in [4.78, 5) is 12.8. The Labute approximate surface area is 153 Å². The van der Waals surface area contributed by atoms with Gasteiger partial charge in [0.15, 0.2) is 0 Å². The van der Waals surface area contributed by atoms with Crippen LogP contribution in [-0.2, 0) is 31.9 Å². The Morgan fingerprint density at radius 1 is 1.24 bits per heavy atom. The highest BCUT2D eigenvalue weighted by Crippen LogP contribution is 2.37. The number of rotatable bonds is 3. The molecule has 0 aliphatic carbocycles. The number of sulfonamides is 1. The Hall–Kier alpha value is -1.06. The molecule has 7 nitrogen and oxygen atoms in total. The standard InChI is InChI=1S/C16H26N4O3S2/c1-16(2,3)20-14(12-9-24-10-13(12)18-20)17-15(21)11-5-7-19(8-6-11)25(4,22)23/h11H,5-10H2,1-4H3,(H,17,21). The molecule has 1 saturated heterocycles. The zero-order chi connectivity index (χ0) is 18.4. The van der Waals surface area contributed by atoms with E-state index in [2.05, 4.69) is 26.1 Å². The first-order chi connectivity index (χ1) is 11.6. The normalized spacial score (nSPS) is 19.8. The lowest BCUT2D eigenvalue weighted by atomic mass is 9.97. The van der Waals surface area contributed by atoms with Gasteiger partial charge in [0, 0.05) is 36.1 Å². The lowest BCUT2D eigenvalue weighted by Crippen LogP contribution is -2.41. The van der Waals surface area contributed by atoms with E-state index in [1.165, 1.54) is 10.6 Å². The van der Waals surface area contributed by atoms with E-state index in [-0.39, 0.29) is 17.4 Å². The van der Waals surface area contributed by atoms with Gasteiger partial charge in [-0.2, -0.15) is 16.9 Å². The van der Waals surface area contributed by atoms with Crippen molar-refractivity contribution in [2.45, 2.75) is 50.7 Å². The van der Waals surface area contributed by atoms with Crippen molar-refractivity contribution in [1.82, 2.24) is 14.1 Å². The van der Waals surface area contributed by atoms with Crippen LogP contribution >= 0.6 is 11.8 Å². The summed E-state index contributed by atoms with van der Waals surface area (Å²) < 4.78 is 26.6. The van der Waals surface area contributed by atoms with Crippen molar-refractivity contribution in [3.63, 3.8) is 0 Å². The van der Waals surface area contributed by atoms with E-state index in [4.69, 9.17) is 5.10 Å². The van der Waals surface area contributed by atoms with Gasteiger partial charge in [0.25, 0.3) is 0 Å². The van der Waals surface area contributed by atoms with Gasteiger partial charge in [-0.25, -0.2) is 17.4 Å². The maximum absolute atomic E-state index is 12.8. The maximum Gasteiger partial charge on any atom is 0.228 e. The molecule has 140 valence electrons. The molecule has 1 fully saturated rings. The van der Waals surface area contributed by atoms with Gasteiger partial charge in [0.1, 0.15) is 5.82 Å². The monoisotopic (exact) mass is 386 g/mol. The Bertz CT molecular complexity index is 772. The summed E-state index contributed by atoms with van der Waals surface area (Å²) in [5.74, 6) is 2.37. The molecule has 3 rings (SSSR count). The summed E-state index contributed by atoms with van der Waals surface area (Å²) >= 11 is 1.81. The van der Waals surface area contributed by atoms with Gasteiger partial charge in [0.2, 0.25) is 15.9 Å². The van der Waals surface area contributed by atoms with E-state index in [0.717, 1.165) is 28.6 Å². The summed E-state index contributed by atoms with van der Waals surface area (Å²) in [6, 6.07) is 0. The smallest absolute Gasteiger partial charge is 0.228 e. The number of piperidine rings is 1. The Morgan fingerprint density at radius 2 is 1.88 bits per heavy atom. The molecule has 0 unspecified atom stereocenters. The molecule has 0 radical (unpaired) electrons. The van der Waals surface area contributed by atoms with Crippen LogP contribution in [0.3, 0.4) is 0 Å². The molecule has 1 N–H and O–H groups in total. The van der Waals surface area contributed by atoms with Crippen LogP contribution in [0.5, 0.6) is 0 Å². The Balaban J connectivity index is 1.74. The summed E-state index contributed by atoms with van der Waals surface area (Å²) in [5, 5.41) is 7.80. The SMILES string of the molecule is CC(C)(C)n1nc2c(c1NC(=O)C1CCN(S(C)(=O)=O)CC1)CSC2. The fourth-order valence-electron chi connectivity index (χ4n) is 3.30. The highest BCUT2D eigenvalue weighted by molar-refractivity contribution is 7.98. The zero-order valence-electron chi connectivity index (χ0n) is 15.2. The number of hydrogen-bond acceptors (Lipinski definition) is 5. The Morgan fingerprint density at radius 3 is 2.44 bits per heavy atom. The first-order valence-corrected chi connectivity index (χ1v) is 11.5. The third-order valence-electron chi connectivity index (χ3n) is 4.72. The summed E-state index contributed by atoms with van der Waals surface area (Å²) in [6.07, 6.45) is 2.33. The summed E-state index contributed by atoms with van der Waals surface area (Å²) in [7, 11) is -3.17. The van der Waals surface area contributed by atoms with Crippen molar-refractivity contribution in [2.24, 2.45) is 5.92 Å². The number of amides is 1. The largest absolute Gasteiger partial charge is 0.310 e. The molecule has 9 heteroatoms. The van der Waals surface area contributed by atoms with Crippen LogP contribution in [0.15, 0.2) is 0 Å². The van der Waals surface area contributed by atoms with Gasteiger partial charge in [-0.1, -0.05) is 0 Å². The number of hydrogen-bond donors (Lipinski definition) is 1. The van der Waals surface area contributed by atoms with Crippen LogP contribution in [-0.4, -0.2) is 47.8 Å². The maximum atomic E-state index is 12.8. The van der Waals surface area contributed by atoms with Gasteiger partial charge < -0.3 is 5.32 Å². The molecule has 25 heavy (non-hydrogen) atoms. The van der Waals surface area contributed by atoms with Gasteiger partial charge in [-0.15, -0.1) is 0 Å². The molecule has 3 heterocycles. The lowest BCUT2D eigenvalue weighted by Gasteiger charge is -2.30. The van der Waals surface area contributed by atoms with Crippen molar-refractivity contribution in [3.05, 3.63) is 11.3 Å². The van der Waals surface area contributed by atoms with E-state index in [1.54, 1.807) is 0 Å². The number of thioether (sulfide) groups is 1. The molecule has 1 amide bonds. The molecule has 2 aliphatic heterocycles. The molecule has 0 saturated carbocycles. The van der Waals surface area contributed by atoms with Gasteiger partial charge >= 0.3 is 0 Å². The Kier molecular flexibility index (Phi) is 4.93. The molecule has 0 atom stereocenters. The third kappa shape index (κ3) is 3.88. The van der Waals surface area contributed by atoms with E-state index in [1.807, 2.05) is 16.4 Å². The number of anilines is 1. The predicted octanol–water partition coefficient (Wildman–Crippen LogP) is 1.99. The molecule has 2 aliphatic rings. The van der Waals surface area contributed by atoms with Crippen LogP contribution in [0, 0.1) is 5.92 Å². The number of fused-ring (bicyclic) bond motifs is 1. The van der Waals surface area contributed by atoms with Crippen molar-refractivity contribution in [2.75, 3.05) is 24.7 Å². The molecule has 1 aromatic rings. The van der Waals surface area contributed by atoms with E-state index >= 15 is 0 Å². The van der Waals surface area contributed by atoms with Crippen molar-refractivity contribution in [1.29, 1.82) is 0 Å². The van der Waals surface area contributed by atoms with Crippen molar-refractivity contribution >= 4 is 33.5 Å². The first-order valence-electron chi connectivity index (χ1n) is 8.52. The number of carbonyl (C=O) groups is 1. The number of aromatic nitrogens is 2. The average molecular weight is 387 g/mol. The third-order valence-corrected chi connectivity index (χ3v) is 7.00. The van der Waals surface area contributed by atoms with Crippen LogP contribution < -0.4 is 5.32 Å². The second-order valence-electron chi connectivity index (χ2n) is 7.77. The second-order valence-corrected chi connectivity index (χ2v) is 10.7. The minimum Gasteiger partial charge on any atom is -0.310 e. The predicted molar refractivity (Wildman–Crippen MR) is 100.0 cm³/mol. The molecule has 0 bridgehead atoms. The average Bonchev–Trinajstić information content (AvgIpc) is 3.08. The minimum absolute atomic E-state index is 0.0294. The first kappa shape index (κ1) is 18.7. The zero-order valence-corrected chi connectivity index (χ0v) is 16.8. The topological polar surface area (TPSA) is 84.3 Å². The summed E-state index contributed by atoms with van der Waals surface area (Å²) in [6.45, 7) is 7.03. The quantitative estimate of drug-likeness (QED) is 0.859. The minimum atomic E-state index is -3.17. The molecule has 1 aromatic heterocycles. The molecular weight excluding hydrogens is 360 g/mol. The van der Waals surface area contributed by atoms with Crippen LogP contribution in [0.1, 0.15) is 44.9 Å². The fourth-order valence-corrected chi connectivity index (χ4v) is 5.20. The number of nitrogens with zero attached hydrogens (tertiary/aromatic N) is 3. The van der Waals surface area contributed by atoms with Crippen LogP contribution in [0.25, 0.3) is 0 Å². The molecular formula is C16H26N4O3S2. The van der Waals surface area contributed by atoms with Crippen molar-refractivity contribution < 1.29 is 13.2 Å². The summed E-state index contributed by atoms with van der Waals surface area (Å²) in [5.41, 5.74) is 1.97. The number of carbonyl (C=O) groups excluding carboxylic acids is 1. The second kappa shape index (κ2) is 6.59. The fraction of sp³-hybridized carbons (Fsp3) is 0.750. The lowest BCUT2D eigenvalue weighted by molar-refractivity contribution is -0.121. The van der Waals surface area contributed by atoms with Gasteiger partial charge in [-0.05, 0) is 33.6 Å².